The van der Waals surface area contributed by atoms with Crippen LogP contribution in [0.2, 0.25) is 0 Å². The summed E-state index contributed by atoms with van der Waals surface area (Å²) in [5.41, 5.74) is 0. The van der Waals surface area contributed by atoms with Crippen LogP contribution in [-0.4, -0.2) is 6.21 Å². The molecule has 1 N–H and O–H groups in total. The second-order valence-electron chi connectivity index (χ2n) is 0.289. The van der Waals surface area contributed by atoms with Gasteiger partial charge in [-0.2, -0.15) is 0 Å². The molecular weight excluding hydrogens is 62.1 g/mol. The van der Waals surface area contributed by atoms with E-state index in [1.54, 1.807) is 6.92 Å². The van der Waals surface area contributed by atoms with Gasteiger partial charge in [-0.25, -0.2) is 0 Å². The fraction of sp³-hybridized carbons (Fsp3) is 0.750. The number of rotatable bonds is 0. The lowest BCUT2D eigenvalue weighted by atomic mass is 10.9. The highest BCUT2D eigenvalue weighted by atomic mass is 14.3. The van der Waals surface area contributed by atoms with Crippen LogP contribution >= 0.6 is 0 Å². The molecule has 5 heavy (non-hydrogen) atoms. The molecule has 0 aromatic carbocycles. The molecule has 0 heterocycles. The maximum Gasteiger partial charge on any atom is -0.00788 e. The van der Waals surface area contributed by atoms with Gasteiger partial charge in [0, 0.05) is 0 Å². The molecule has 0 amide bonds. The first-order chi connectivity index (χ1) is 2.41. The highest BCUT2D eigenvalue weighted by Gasteiger charge is 1.17. The van der Waals surface area contributed by atoms with Crippen LogP contribution in [0.25, 0.3) is 0 Å². The van der Waals surface area contributed by atoms with Gasteiger partial charge in [0.15, 0.2) is 0 Å². The van der Waals surface area contributed by atoms with E-state index in [4.69, 9.17) is 5.41 Å². The van der Waals surface area contributed by atoms with Gasteiger partial charge >= 0.3 is 0 Å². The largest absolute Gasteiger partial charge is 0.313 e. The van der Waals surface area contributed by atoms with E-state index in [1.165, 1.54) is 6.21 Å². The highest BCUT2D eigenvalue weighted by molar-refractivity contribution is 5.48. The van der Waals surface area contributed by atoms with Crippen LogP contribution in [0.4, 0.5) is 0 Å². The third kappa shape index (κ3) is 94.0. The van der Waals surface area contributed by atoms with Crippen LogP contribution in [0.5, 0.6) is 0 Å². The quantitative estimate of drug-likeness (QED) is 0.422. The second kappa shape index (κ2) is 58.3. The number of nitrogens with one attached hydrogen (secondary N) is 1. The first kappa shape index (κ1) is 8.82. The van der Waals surface area contributed by atoms with Gasteiger partial charge in [-0.3, -0.25) is 0 Å². The molecular formula is C4H11N. The standard InChI is InChI=1S/C2H5N.C2H6/c1-2-3;1-2/h2-3H,1H3;1-2H3. The summed E-state index contributed by atoms with van der Waals surface area (Å²) in [5, 5.41) is 6.08. The van der Waals surface area contributed by atoms with E-state index in [0.29, 0.717) is 0 Å². The summed E-state index contributed by atoms with van der Waals surface area (Å²) in [6, 6.07) is 0. The van der Waals surface area contributed by atoms with E-state index in [9.17, 15) is 0 Å². The molecule has 0 aliphatic carbocycles. The molecule has 1 heteroatoms. The monoisotopic (exact) mass is 73.1 g/mol. The zero-order chi connectivity index (χ0) is 4.71. The third-order valence-electron chi connectivity index (χ3n) is 0. The lowest BCUT2D eigenvalue weighted by Crippen LogP contribution is -1.32. The molecule has 0 aromatic heterocycles. The van der Waals surface area contributed by atoms with E-state index in [2.05, 4.69) is 0 Å². The summed E-state index contributed by atoms with van der Waals surface area (Å²) in [7, 11) is 0. The minimum Gasteiger partial charge on any atom is -0.313 e. The second-order valence-corrected chi connectivity index (χ2v) is 0.289. The summed E-state index contributed by atoms with van der Waals surface area (Å²) < 4.78 is 0. The molecule has 0 atom stereocenters. The molecule has 0 saturated heterocycles. The van der Waals surface area contributed by atoms with Gasteiger partial charge in [-0.05, 0) is 13.1 Å². The van der Waals surface area contributed by atoms with Gasteiger partial charge in [0.05, 0.1) is 0 Å². The van der Waals surface area contributed by atoms with Crippen molar-refractivity contribution in [2.75, 3.05) is 0 Å². The maximum atomic E-state index is 6.08. The Hall–Kier alpha value is -0.330. The lowest BCUT2D eigenvalue weighted by molar-refractivity contribution is 1.50. The molecule has 0 unspecified atom stereocenters. The van der Waals surface area contributed by atoms with Gasteiger partial charge < -0.3 is 5.41 Å². The summed E-state index contributed by atoms with van der Waals surface area (Å²) in [6.45, 7) is 5.67. The average molecular weight is 73.1 g/mol. The molecule has 0 fully saturated rings. The number of hydrogen-bond acceptors (Lipinski definition) is 1. The summed E-state index contributed by atoms with van der Waals surface area (Å²) in [5.74, 6) is 0. The molecule has 0 aliphatic rings. The van der Waals surface area contributed by atoms with Gasteiger partial charge in [-0.15, -0.1) is 0 Å². The van der Waals surface area contributed by atoms with E-state index in [-0.39, 0.29) is 0 Å². The van der Waals surface area contributed by atoms with Crippen LogP contribution in [0, 0.1) is 5.41 Å². The predicted molar refractivity (Wildman–Crippen MR) is 25.8 cm³/mol. The lowest BCUT2D eigenvalue weighted by Gasteiger charge is -1.30. The summed E-state index contributed by atoms with van der Waals surface area (Å²) in [6.07, 6.45) is 1.25. The zero-order valence-corrected chi connectivity index (χ0v) is 4.08. The Morgan fingerprint density at radius 1 is 1.40 bits per heavy atom. The summed E-state index contributed by atoms with van der Waals surface area (Å²) in [4.78, 5) is 0. The molecule has 0 aliphatic heterocycles. The molecule has 0 radical (unpaired) electrons. The fourth-order valence-electron chi connectivity index (χ4n) is 0. The van der Waals surface area contributed by atoms with Crippen LogP contribution in [-0.2, 0) is 0 Å². The zero-order valence-electron chi connectivity index (χ0n) is 4.08. The Morgan fingerprint density at radius 2 is 1.40 bits per heavy atom. The topological polar surface area (TPSA) is 23.9 Å². The van der Waals surface area contributed by atoms with Crippen molar-refractivity contribution in [3.8, 4) is 0 Å². The smallest absolute Gasteiger partial charge is 0.00788 e. The Bertz CT molecular complexity index is 11.1. The molecule has 32 valence electrons. The van der Waals surface area contributed by atoms with Crippen molar-refractivity contribution < 1.29 is 0 Å². The first-order valence-electron chi connectivity index (χ1n) is 1.87. The average Bonchev–Trinajstić information content (AvgIpc) is 1.46. The van der Waals surface area contributed by atoms with E-state index in [0.717, 1.165) is 0 Å². The van der Waals surface area contributed by atoms with Gasteiger partial charge in [0.1, 0.15) is 0 Å². The molecule has 0 saturated carbocycles. The van der Waals surface area contributed by atoms with E-state index >= 15 is 0 Å². The van der Waals surface area contributed by atoms with Crippen molar-refractivity contribution in [3.05, 3.63) is 0 Å². The van der Waals surface area contributed by atoms with Gasteiger partial charge in [0.25, 0.3) is 0 Å². The SMILES string of the molecule is CC.CC=N. The number of hydrogen-bond donors (Lipinski definition) is 1. The Labute approximate surface area is 33.5 Å². The maximum absolute atomic E-state index is 6.08. The van der Waals surface area contributed by atoms with Crippen LogP contribution in [0.1, 0.15) is 20.8 Å². The molecule has 0 bridgehead atoms. The highest BCUT2D eigenvalue weighted by Crippen LogP contribution is 1.17. The van der Waals surface area contributed by atoms with Crippen molar-refractivity contribution in [2.45, 2.75) is 20.8 Å². The summed E-state index contributed by atoms with van der Waals surface area (Å²) >= 11 is 0. The van der Waals surface area contributed by atoms with Crippen LogP contribution in [0.15, 0.2) is 0 Å². The third-order valence-corrected chi connectivity index (χ3v) is 0. The van der Waals surface area contributed by atoms with Gasteiger partial charge in [-0.1, -0.05) is 13.8 Å². The fourth-order valence-corrected chi connectivity index (χ4v) is 0. The molecule has 0 spiro atoms. The first-order valence-corrected chi connectivity index (χ1v) is 1.87. The Morgan fingerprint density at radius 3 is 1.40 bits per heavy atom. The van der Waals surface area contributed by atoms with E-state index in [1.807, 2.05) is 13.8 Å². The predicted octanol–water partition coefficient (Wildman–Crippen LogP) is 1.68. The van der Waals surface area contributed by atoms with Crippen molar-refractivity contribution >= 4 is 6.21 Å². The van der Waals surface area contributed by atoms with Crippen molar-refractivity contribution in [1.82, 2.24) is 0 Å². The molecule has 0 rings (SSSR count). The van der Waals surface area contributed by atoms with E-state index < -0.39 is 0 Å². The molecule has 1 nitrogen and oxygen atoms in total. The minimum atomic E-state index is 1.25. The van der Waals surface area contributed by atoms with Crippen LogP contribution in [0.3, 0.4) is 0 Å². The van der Waals surface area contributed by atoms with Crippen molar-refractivity contribution in [1.29, 1.82) is 5.41 Å². The molecule has 0 aromatic rings. The van der Waals surface area contributed by atoms with Gasteiger partial charge in [0.2, 0.25) is 0 Å². The normalized spacial score (nSPS) is 3.80. The minimum absolute atomic E-state index is 1.25. The Kier molecular flexibility index (Phi) is 103. The van der Waals surface area contributed by atoms with Crippen LogP contribution < -0.4 is 0 Å². The van der Waals surface area contributed by atoms with Crippen molar-refractivity contribution in [3.63, 3.8) is 0 Å². The Balaban J connectivity index is 0. The van der Waals surface area contributed by atoms with Crippen molar-refractivity contribution in [2.24, 2.45) is 0 Å².